The highest BCUT2D eigenvalue weighted by molar-refractivity contribution is 5.62. The van der Waals surface area contributed by atoms with Crippen LogP contribution in [0, 0.1) is 18.3 Å². The number of nitrogens with one attached hydrogen (secondary N) is 1. The number of imidazole rings is 1. The molecule has 144 valence electrons. The number of rotatable bonds is 6. The molecule has 0 saturated carbocycles. The van der Waals surface area contributed by atoms with Crippen molar-refractivity contribution in [3.63, 3.8) is 0 Å². The Morgan fingerprint density at radius 2 is 1.93 bits per heavy atom. The number of nitrogens with zero attached hydrogens (tertiary/aromatic N) is 6. The Morgan fingerprint density at radius 1 is 1.10 bits per heavy atom. The van der Waals surface area contributed by atoms with Gasteiger partial charge in [-0.05, 0) is 42.8 Å². The molecule has 0 spiro atoms. The number of hydrogen-bond acceptors (Lipinski definition) is 6. The van der Waals surface area contributed by atoms with Gasteiger partial charge in [0.25, 0.3) is 0 Å². The van der Waals surface area contributed by atoms with E-state index >= 15 is 0 Å². The lowest BCUT2D eigenvalue weighted by atomic mass is 10.1. The minimum Gasteiger partial charge on any atom is -0.497 e. The molecule has 0 amide bonds. The van der Waals surface area contributed by atoms with E-state index in [0.29, 0.717) is 18.1 Å². The SMILES string of the molecule is COc1ccc(Cn2cnc(Nc3ccc(-n4cnc(C)c4)c(C#N)c3)n2)cc1. The fourth-order valence-electron chi connectivity index (χ4n) is 2.96. The van der Waals surface area contributed by atoms with Gasteiger partial charge in [0, 0.05) is 11.9 Å². The number of hydrogen-bond donors (Lipinski definition) is 1. The molecule has 0 aliphatic heterocycles. The summed E-state index contributed by atoms with van der Waals surface area (Å²) in [6, 6.07) is 15.6. The zero-order valence-corrected chi connectivity index (χ0v) is 16.1. The summed E-state index contributed by atoms with van der Waals surface area (Å²) in [5.74, 6) is 1.28. The van der Waals surface area contributed by atoms with Crippen molar-refractivity contribution in [3.05, 3.63) is 78.1 Å². The fraction of sp³-hybridized carbons (Fsp3) is 0.143. The summed E-state index contributed by atoms with van der Waals surface area (Å²) in [4.78, 5) is 8.51. The molecule has 29 heavy (non-hydrogen) atoms. The van der Waals surface area contributed by atoms with E-state index in [4.69, 9.17) is 4.74 Å². The maximum Gasteiger partial charge on any atom is 0.246 e. The molecule has 2 heterocycles. The lowest BCUT2D eigenvalue weighted by Gasteiger charge is -2.08. The average Bonchev–Trinajstić information content (AvgIpc) is 3.37. The summed E-state index contributed by atoms with van der Waals surface area (Å²) in [5, 5.41) is 17.1. The molecule has 4 aromatic rings. The molecular weight excluding hydrogens is 366 g/mol. The molecule has 4 rings (SSSR count). The number of ether oxygens (including phenoxy) is 1. The van der Waals surface area contributed by atoms with Gasteiger partial charge < -0.3 is 14.6 Å². The highest BCUT2D eigenvalue weighted by Crippen LogP contribution is 2.21. The molecule has 0 atom stereocenters. The smallest absolute Gasteiger partial charge is 0.246 e. The molecule has 0 unspecified atom stereocenters. The Labute approximate surface area is 168 Å². The summed E-state index contributed by atoms with van der Waals surface area (Å²) >= 11 is 0. The highest BCUT2D eigenvalue weighted by atomic mass is 16.5. The number of benzene rings is 2. The van der Waals surface area contributed by atoms with Crippen LogP contribution in [0.5, 0.6) is 5.75 Å². The zero-order chi connectivity index (χ0) is 20.2. The van der Waals surface area contributed by atoms with Gasteiger partial charge in [-0.3, -0.25) is 0 Å². The molecule has 8 nitrogen and oxygen atoms in total. The Kier molecular flexibility index (Phi) is 4.95. The largest absolute Gasteiger partial charge is 0.497 e. The van der Waals surface area contributed by atoms with Gasteiger partial charge in [0.2, 0.25) is 5.95 Å². The monoisotopic (exact) mass is 385 g/mol. The average molecular weight is 385 g/mol. The van der Waals surface area contributed by atoms with Gasteiger partial charge in [-0.1, -0.05) is 12.1 Å². The molecule has 0 radical (unpaired) electrons. The van der Waals surface area contributed by atoms with Gasteiger partial charge in [-0.2, -0.15) is 5.26 Å². The first kappa shape index (κ1) is 18.3. The lowest BCUT2D eigenvalue weighted by molar-refractivity contribution is 0.414. The second-order valence-electron chi connectivity index (χ2n) is 6.50. The van der Waals surface area contributed by atoms with Crippen LogP contribution in [-0.2, 0) is 6.54 Å². The minimum atomic E-state index is 0.466. The Morgan fingerprint density at radius 3 is 2.62 bits per heavy atom. The van der Waals surface area contributed by atoms with Crippen molar-refractivity contribution < 1.29 is 4.74 Å². The minimum absolute atomic E-state index is 0.466. The number of aryl methyl sites for hydroxylation is 1. The van der Waals surface area contributed by atoms with Crippen LogP contribution in [-0.4, -0.2) is 31.4 Å². The van der Waals surface area contributed by atoms with Crippen LogP contribution >= 0.6 is 0 Å². The molecule has 1 N–H and O–H groups in total. The summed E-state index contributed by atoms with van der Waals surface area (Å²) < 4.78 is 8.75. The molecule has 0 saturated heterocycles. The lowest BCUT2D eigenvalue weighted by Crippen LogP contribution is -2.02. The molecule has 2 aromatic carbocycles. The van der Waals surface area contributed by atoms with Crippen molar-refractivity contribution in [2.24, 2.45) is 0 Å². The molecule has 0 aliphatic rings. The first-order valence-electron chi connectivity index (χ1n) is 8.99. The highest BCUT2D eigenvalue weighted by Gasteiger charge is 2.08. The van der Waals surface area contributed by atoms with E-state index in [1.54, 1.807) is 30.5 Å². The number of aromatic nitrogens is 5. The van der Waals surface area contributed by atoms with Crippen molar-refractivity contribution in [3.8, 4) is 17.5 Å². The predicted octanol–water partition coefficient (Wildman–Crippen LogP) is 3.44. The molecule has 2 aromatic heterocycles. The normalized spacial score (nSPS) is 10.5. The summed E-state index contributed by atoms with van der Waals surface area (Å²) in [6.45, 7) is 2.51. The van der Waals surface area contributed by atoms with Gasteiger partial charge in [-0.15, -0.1) is 5.10 Å². The van der Waals surface area contributed by atoms with Crippen LogP contribution in [0.25, 0.3) is 5.69 Å². The van der Waals surface area contributed by atoms with Gasteiger partial charge in [0.05, 0.1) is 36.9 Å². The van der Waals surface area contributed by atoms with Crippen molar-refractivity contribution in [1.82, 2.24) is 24.3 Å². The molecule has 0 fully saturated rings. The predicted molar refractivity (Wildman–Crippen MR) is 108 cm³/mol. The van der Waals surface area contributed by atoms with E-state index in [9.17, 15) is 5.26 Å². The zero-order valence-electron chi connectivity index (χ0n) is 16.1. The van der Waals surface area contributed by atoms with Crippen LogP contribution < -0.4 is 10.1 Å². The number of nitriles is 1. The first-order valence-corrected chi connectivity index (χ1v) is 8.99. The standard InChI is InChI=1S/C21H19N7O/c1-15-11-27(13-23-15)20-8-5-18(9-17(20)10-22)25-21-24-14-28(26-21)12-16-3-6-19(29-2)7-4-16/h3-9,11,13-14H,12H2,1-2H3,(H,25,26). The quantitative estimate of drug-likeness (QED) is 0.546. The molecule has 8 heteroatoms. The van der Waals surface area contributed by atoms with Gasteiger partial charge in [0.15, 0.2) is 0 Å². The van der Waals surface area contributed by atoms with Crippen molar-refractivity contribution in [2.45, 2.75) is 13.5 Å². The number of methoxy groups -OCH3 is 1. The van der Waals surface area contributed by atoms with Gasteiger partial charge in [0.1, 0.15) is 18.1 Å². The Bertz CT molecular complexity index is 1170. The third kappa shape index (κ3) is 4.09. The van der Waals surface area contributed by atoms with E-state index < -0.39 is 0 Å². The van der Waals surface area contributed by atoms with E-state index in [1.165, 1.54) is 0 Å². The summed E-state index contributed by atoms with van der Waals surface area (Å²) in [6.07, 6.45) is 5.24. The molecule has 0 bridgehead atoms. The molecular formula is C21H19N7O. The third-order valence-electron chi connectivity index (χ3n) is 4.40. The van der Waals surface area contributed by atoms with Crippen LogP contribution in [0.2, 0.25) is 0 Å². The van der Waals surface area contributed by atoms with E-state index in [2.05, 4.69) is 26.5 Å². The second-order valence-corrected chi connectivity index (χ2v) is 6.50. The van der Waals surface area contributed by atoms with Crippen molar-refractivity contribution in [2.75, 3.05) is 12.4 Å². The second kappa shape index (κ2) is 7.86. The van der Waals surface area contributed by atoms with Crippen molar-refractivity contribution in [1.29, 1.82) is 5.26 Å². The van der Waals surface area contributed by atoms with E-state index in [1.807, 2.05) is 54.1 Å². The van der Waals surface area contributed by atoms with Crippen LogP contribution in [0.3, 0.4) is 0 Å². The maximum absolute atomic E-state index is 9.53. The van der Waals surface area contributed by atoms with E-state index in [0.717, 1.165) is 28.4 Å². The summed E-state index contributed by atoms with van der Waals surface area (Å²) in [7, 11) is 1.64. The van der Waals surface area contributed by atoms with Crippen LogP contribution in [0.4, 0.5) is 11.6 Å². The third-order valence-corrected chi connectivity index (χ3v) is 4.40. The maximum atomic E-state index is 9.53. The van der Waals surface area contributed by atoms with Crippen LogP contribution in [0.15, 0.2) is 61.3 Å². The van der Waals surface area contributed by atoms with Crippen LogP contribution in [0.1, 0.15) is 16.8 Å². The Balaban J connectivity index is 1.49. The number of anilines is 2. The first-order chi connectivity index (χ1) is 14.1. The van der Waals surface area contributed by atoms with E-state index in [-0.39, 0.29) is 0 Å². The van der Waals surface area contributed by atoms with Crippen molar-refractivity contribution >= 4 is 11.6 Å². The van der Waals surface area contributed by atoms with Gasteiger partial charge >= 0.3 is 0 Å². The summed E-state index contributed by atoms with van der Waals surface area (Å²) in [5.41, 5.74) is 4.03. The van der Waals surface area contributed by atoms with Gasteiger partial charge in [-0.25, -0.2) is 14.6 Å². The Hall–Kier alpha value is -4.12. The molecule has 0 aliphatic carbocycles. The fourth-order valence-corrected chi connectivity index (χ4v) is 2.96. The topological polar surface area (TPSA) is 93.6 Å².